The molecule has 4 rings (SSSR count). The third-order valence-corrected chi connectivity index (χ3v) is 3.98. The van der Waals surface area contributed by atoms with Crippen LogP contribution < -0.4 is 20.1 Å². The van der Waals surface area contributed by atoms with E-state index in [1.807, 2.05) is 24.3 Å². The second-order valence-corrected chi connectivity index (χ2v) is 5.96. The summed E-state index contributed by atoms with van der Waals surface area (Å²) in [6.45, 7) is 0.529. The zero-order chi connectivity index (χ0) is 17.9. The third kappa shape index (κ3) is 3.40. The molecule has 0 fully saturated rings. The van der Waals surface area contributed by atoms with Gasteiger partial charge in [0.1, 0.15) is 0 Å². The number of hydrogen-bond acceptors (Lipinski definition) is 6. The van der Waals surface area contributed by atoms with E-state index in [1.54, 1.807) is 18.2 Å². The monoisotopic (exact) mass is 371 g/mol. The topological polar surface area (TPSA) is 101 Å². The molecule has 1 aromatic heterocycles. The van der Waals surface area contributed by atoms with E-state index in [-0.39, 0.29) is 18.4 Å². The molecule has 1 aliphatic heterocycles. The lowest BCUT2D eigenvalue weighted by Crippen LogP contribution is -2.24. The Morgan fingerprint density at radius 2 is 2.04 bits per heavy atom. The van der Waals surface area contributed by atoms with Crippen LogP contribution in [0.1, 0.15) is 16.1 Å². The zero-order valence-corrected chi connectivity index (χ0v) is 14.2. The highest BCUT2D eigenvalue weighted by atomic mass is 35.5. The van der Waals surface area contributed by atoms with Crippen LogP contribution in [0.25, 0.3) is 0 Å². The van der Waals surface area contributed by atoms with E-state index in [4.69, 9.17) is 21.1 Å². The van der Waals surface area contributed by atoms with Gasteiger partial charge in [-0.3, -0.25) is 4.79 Å². The first-order valence-electron chi connectivity index (χ1n) is 7.79. The SMILES string of the molecule is O=C(NCc1ccc2c(c1)OCO2)c1n[nH]nc1Nc1cccc(Cl)c1. The molecule has 1 amide bonds. The van der Waals surface area contributed by atoms with Crippen molar-refractivity contribution < 1.29 is 14.3 Å². The molecule has 132 valence electrons. The van der Waals surface area contributed by atoms with Crippen molar-refractivity contribution in [3.05, 3.63) is 58.7 Å². The van der Waals surface area contributed by atoms with E-state index in [0.717, 1.165) is 5.56 Å². The van der Waals surface area contributed by atoms with Crippen LogP contribution in [0.3, 0.4) is 0 Å². The molecule has 26 heavy (non-hydrogen) atoms. The van der Waals surface area contributed by atoms with Crippen molar-refractivity contribution in [3.63, 3.8) is 0 Å². The highest BCUT2D eigenvalue weighted by Gasteiger charge is 2.18. The summed E-state index contributed by atoms with van der Waals surface area (Å²) in [6.07, 6.45) is 0. The molecule has 0 spiro atoms. The van der Waals surface area contributed by atoms with Crippen molar-refractivity contribution in [1.82, 2.24) is 20.7 Å². The number of halogens is 1. The van der Waals surface area contributed by atoms with E-state index >= 15 is 0 Å². The fourth-order valence-electron chi connectivity index (χ4n) is 2.50. The minimum atomic E-state index is -0.360. The molecule has 1 aliphatic rings. The maximum absolute atomic E-state index is 12.4. The fourth-order valence-corrected chi connectivity index (χ4v) is 2.69. The Hall–Kier alpha value is -3.26. The number of carbonyl (C=O) groups is 1. The number of amides is 1. The summed E-state index contributed by atoms with van der Waals surface area (Å²) in [4.78, 5) is 12.4. The highest BCUT2D eigenvalue weighted by Crippen LogP contribution is 2.32. The highest BCUT2D eigenvalue weighted by molar-refractivity contribution is 6.30. The van der Waals surface area contributed by atoms with Crippen molar-refractivity contribution >= 4 is 29.0 Å². The van der Waals surface area contributed by atoms with E-state index in [0.29, 0.717) is 34.6 Å². The smallest absolute Gasteiger partial charge is 0.275 e. The standard InChI is InChI=1S/C17H14ClN5O3/c18-11-2-1-3-12(7-11)20-16-15(21-23-22-16)17(24)19-8-10-4-5-13-14(6-10)26-9-25-13/h1-7H,8-9H2,(H,19,24)(H2,20,21,22,23). The van der Waals surface area contributed by atoms with Crippen LogP contribution in [-0.4, -0.2) is 28.1 Å². The van der Waals surface area contributed by atoms with E-state index < -0.39 is 0 Å². The van der Waals surface area contributed by atoms with E-state index in [2.05, 4.69) is 26.0 Å². The number of carbonyl (C=O) groups excluding carboxylic acids is 1. The molecule has 0 radical (unpaired) electrons. The number of ether oxygens (including phenoxy) is 2. The lowest BCUT2D eigenvalue weighted by atomic mass is 10.2. The lowest BCUT2D eigenvalue weighted by molar-refractivity contribution is 0.0946. The quantitative estimate of drug-likeness (QED) is 0.637. The Bertz CT molecular complexity index is 959. The molecule has 2 heterocycles. The maximum Gasteiger partial charge on any atom is 0.275 e. The Labute approximate surface area is 153 Å². The largest absolute Gasteiger partial charge is 0.454 e. The minimum absolute atomic E-state index is 0.158. The number of fused-ring (bicyclic) bond motifs is 1. The predicted molar refractivity (Wildman–Crippen MR) is 94.9 cm³/mol. The molecule has 0 atom stereocenters. The second-order valence-electron chi connectivity index (χ2n) is 5.53. The van der Waals surface area contributed by atoms with Gasteiger partial charge in [0.2, 0.25) is 6.79 Å². The number of aromatic nitrogens is 3. The summed E-state index contributed by atoms with van der Waals surface area (Å²) in [5.41, 5.74) is 1.75. The van der Waals surface area contributed by atoms with Crippen LogP contribution in [0.4, 0.5) is 11.5 Å². The average molecular weight is 372 g/mol. The van der Waals surface area contributed by atoms with Crippen molar-refractivity contribution in [2.24, 2.45) is 0 Å². The van der Waals surface area contributed by atoms with Gasteiger partial charge in [-0.25, -0.2) is 0 Å². The van der Waals surface area contributed by atoms with Crippen LogP contribution in [0.2, 0.25) is 5.02 Å². The van der Waals surface area contributed by atoms with Gasteiger partial charge in [-0.2, -0.15) is 5.21 Å². The summed E-state index contributed by atoms with van der Waals surface area (Å²) in [5, 5.41) is 16.7. The molecule has 0 saturated carbocycles. The number of benzene rings is 2. The normalized spacial score (nSPS) is 12.0. The number of H-pyrrole nitrogens is 1. The van der Waals surface area contributed by atoms with Crippen molar-refractivity contribution in [1.29, 1.82) is 0 Å². The van der Waals surface area contributed by atoms with E-state index in [1.165, 1.54) is 0 Å². The molecular weight excluding hydrogens is 358 g/mol. The van der Waals surface area contributed by atoms with Crippen molar-refractivity contribution in [2.75, 3.05) is 12.1 Å². The maximum atomic E-state index is 12.4. The van der Waals surface area contributed by atoms with Gasteiger partial charge in [-0.15, -0.1) is 10.2 Å². The molecule has 8 nitrogen and oxygen atoms in total. The molecule has 0 saturated heterocycles. The molecular formula is C17H14ClN5O3. The molecule has 9 heteroatoms. The Morgan fingerprint density at radius 3 is 2.92 bits per heavy atom. The van der Waals surface area contributed by atoms with Gasteiger partial charge in [0.15, 0.2) is 23.0 Å². The molecule has 3 aromatic rings. The van der Waals surface area contributed by atoms with Gasteiger partial charge in [0.25, 0.3) is 5.91 Å². The van der Waals surface area contributed by atoms with E-state index in [9.17, 15) is 4.79 Å². The Balaban J connectivity index is 1.43. The molecule has 0 bridgehead atoms. The van der Waals surface area contributed by atoms with Gasteiger partial charge < -0.3 is 20.1 Å². The number of aromatic amines is 1. The van der Waals surface area contributed by atoms with Gasteiger partial charge in [0.05, 0.1) is 0 Å². The van der Waals surface area contributed by atoms with Crippen LogP contribution in [0.5, 0.6) is 11.5 Å². The van der Waals surface area contributed by atoms with Crippen molar-refractivity contribution in [3.8, 4) is 11.5 Å². The van der Waals surface area contributed by atoms with Crippen LogP contribution in [0.15, 0.2) is 42.5 Å². The first-order chi connectivity index (χ1) is 12.7. The Morgan fingerprint density at radius 1 is 1.15 bits per heavy atom. The van der Waals surface area contributed by atoms with Crippen LogP contribution in [-0.2, 0) is 6.54 Å². The average Bonchev–Trinajstić information content (AvgIpc) is 3.28. The number of hydrogen-bond donors (Lipinski definition) is 3. The number of anilines is 2. The first kappa shape index (κ1) is 16.2. The summed E-state index contributed by atoms with van der Waals surface area (Å²) in [5.74, 6) is 1.32. The van der Waals surface area contributed by atoms with Gasteiger partial charge >= 0.3 is 0 Å². The third-order valence-electron chi connectivity index (χ3n) is 3.74. The summed E-state index contributed by atoms with van der Waals surface area (Å²) < 4.78 is 10.6. The summed E-state index contributed by atoms with van der Waals surface area (Å²) in [7, 11) is 0. The number of nitrogens with zero attached hydrogens (tertiary/aromatic N) is 2. The van der Waals surface area contributed by atoms with Gasteiger partial charge in [-0.05, 0) is 35.9 Å². The number of rotatable bonds is 5. The minimum Gasteiger partial charge on any atom is -0.454 e. The predicted octanol–water partition coefficient (Wildman–Crippen LogP) is 2.86. The van der Waals surface area contributed by atoms with Crippen molar-refractivity contribution in [2.45, 2.75) is 6.54 Å². The molecule has 2 aromatic carbocycles. The summed E-state index contributed by atoms with van der Waals surface area (Å²) in [6, 6.07) is 12.6. The second kappa shape index (κ2) is 6.93. The van der Waals surface area contributed by atoms with Gasteiger partial charge in [-0.1, -0.05) is 23.7 Å². The van der Waals surface area contributed by atoms with Gasteiger partial charge in [0, 0.05) is 17.3 Å². The van der Waals surface area contributed by atoms with Crippen LogP contribution in [0, 0.1) is 0 Å². The number of nitrogens with one attached hydrogen (secondary N) is 3. The summed E-state index contributed by atoms with van der Waals surface area (Å²) >= 11 is 5.96. The Kier molecular flexibility index (Phi) is 4.32. The fraction of sp³-hybridized carbons (Fsp3) is 0.118. The molecule has 0 aliphatic carbocycles. The molecule has 0 unspecified atom stereocenters. The zero-order valence-electron chi connectivity index (χ0n) is 13.5. The molecule has 3 N–H and O–H groups in total. The van der Waals surface area contributed by atoms with Crippen LogP contribution >= 0.6 is 11.6 Å². The lowest BCUT2D eigenvalue weighted by Gasteiger charge is -2.07. The first-order valence-corrected chi connectivity index (χ1v) is 8.17.